The number of halogens is 1. The Labute approximate surface area is 145 Å². The lowest BCUT2D eigenvalue weighted by atomic mass is 10.0. The fraction of sp³-hybridized carbons (Fsp3) is 0.105. The Balaban J connectivity index is 2.11. The SMILES string of the molecule is COc1cc2ccccc2c(OC)c1C(=O)Nc1cccc(Cl)c1. The van der Waals surface area contributed by atoms with Crippen molar-refractivity contribution in [2.24, 2.45) is 0 Å². The van der Waals surface area contributed by atoms with Gasteiger partial charge in [-0.1, -0.05) is 41.9 Å². The van der Waals surface area contributed by atoms with Crippen LogP contribution in [-0.2, 0) is 0 Å². The molecule has 1 amide bonds. The minimum absolute atomic E-state index is 0.322. The Kier molecular flexibility index (Phi) is 4.58. The number of fused-ring (bicyclic) bond motifs is 1. The van der Waals surface area contributed by atoms with Gasteiger partial charge in [0.25, 0.3) is 5.91 Å². The first-order valence-electron chi connectivity index (χ1n) is 7.34. The molecule has 5 heteroatoms. The zero-order valence-electron chi connectivity index (χ0n) is 13.3. The third-order valence-electron chi connectivity index (χ3n) is 3.70. The highest BCUT2D eigenvalue weighted by molar-refractivity contribution is 6.31. The number of ether oxygens (including phenoxy) is 2. The Hall–Kier alpha value is -2.72. The zero-order valence-corrected chi connectivity index (χ0v) is 14.1. The molecule has 0 aliphatic rings. The second-order valence-electron chi connectivity index (χ2n) is 5.17. The molecule has 3 aromatic carbocycles. The highest BCUT2D eigenvalue weighted by Gasteiger charge is 2.21. The van der Waals surface area contributed by atoms with Gasteiger partial charge < -0.3 is 14.8 Å². The van der Waals surface area contributed by atoms with Gasteiger partial charge in [-0.3, -0.25) is 4.79 Å². The second kappa shape index (κ2) is 6.81. The topological polar surface area (TPSA) is 47.6 Å². The number of benzene rings is 3. The minimum atomic E-state index is -0.322. The average molecular weight is 342 g/mol. The van der Waals surface area contributed by atoms with Crippen LogP contribution in [0.4, 0.5) is 5.69 Å². The molecule has 0 radical (unpaired) electrons. The van der Waals surface area contributed by atoms with Crippen LogP contribution in [-0.4, -0.2) is 20.1 Å². The third kappa shape index (κ3) is 3.01. The molecule has 4 nitrogen and oxygen atoms in total. The second-order valence-corrected chi connectivity index (χ2v) is 5.61. The molecule has 3 rings (SSSR count). The molecule has 122 valence electrons. The standard InChI is InChI=1S/C19H16ClNO3/c1-23-16-10-12-6-3-4-9-15(12)18(24-2)17(16)19(22)21-14-8-5-7-13(20)11-14/h3-11H,1-2H3,(H,21,22). The van der Waals surface area contributed by atoms with Gasteiger partial charge in [-0.2, -0.15) is 0 Å². The normalized spacial score (nSPS) is 10.5. The molecule has 0 aliphatic heterocycles. The third-order valence-corrected chi connectivity index (χ3v) is 3.93. The molecular formula is C19H16ClNO3. The molecule has 24 heavy (non-hydrogen) atoms. The van der Waals surface area contributed by atoms with Gasteiger partial charge in [0.05, 0.1) is 14.2 Å². The van der Waals surface area contributed by atoms with Gasteiger partial charge in [0.1, 0.15) is 17.1 Å². The number of hydrogen-bond donors (Lipinski definition) is 1. The van der Waals surface area contributed by atoms with E-state index in [0.29, 0.717) is 27.8 Å². The van der Waals surface area contributed by atoms with Gasteiger partial charge >= 0.3 is 0 Å². The lowest BCUT2D eigenvalue weighted by molar-refractivity contribution is 0.102. The summed E-state index contributed by atoms with van der Waals surface area (Å²) in [5, 5.41) is 5.16. The Morgan fingerprint density at radius 1 is 1.00 bits per heavy atom. The van der Waals surface area contributed by atoms with E-state index in [1.807, 2.05) is 30.3 Å². The van der Waals surface area contributed by atoms with E-state index >= 15 is 0 Å². The van der Waals surface area contributed by atoms with Crippen LogP contribution >= 0.6 is 11.6 Å². The van der Waals surface area contributed by atoms with Crippen molar-refractivity contribution in [1.82, 2.24) is 0 Å². The summed E-state index contributed by atoms with van der Waals surface area (Å²) < 4.78 is 10.9. The van der Waals surface area contributed by atoms with Crippen LogP contribution in [0.2, 0.25) is 5.02 Å². The maximum Gasteiger partial charge on any atom is 0.263 e. The van der Waals surface area contributed by atoms with Crippen molar-refractivity contribution in [2.45, 2.75) is 0 Å². The van der Waals surface area contributed by atoms with Crippen LogP contribution in [0.3, 0.4) is 0 Å². The van der Waals surface area contributed by atoms with Gasteiger partial charge in [0.15, 0.2) is 0 Å². The van der Waals surface area contributed by atoms with Crippen molar-refractivity contribution in [3.8, 4) is 11.5 Å². The minimum Gasteiger partial charge on any atom is -0.496 e. The van der Waals surface area contributed by atoms with E-state index in [1.54, 1.807) is 24.3 Å². The van der Waals surface area contributed by atoms with Crippen LogP contribution in [0.5, 0.6) is 11.5 Å². The lowest BCUT2D eigenvalue weighted by Crippen LogP contribution is -2.15. The molecule has 0 saturated carbocycles. The first kappa shape index (κ1) is 16.1. The van der Waals surface area contributed by atoms with Gasteiger partial charge in [0.2, 0.25) is 0 Å². The van der Waals surface area contributed by atoms with E-state index in [9.17, 15) is 4.79 Å². The predicted octanol–water partition coefficient (Wildman–Crippen LogP) is 4.76. The van der Waals surface area contributed by atoms with E-state index in [0.717, 1.165) is 10.8 Å². The highest BCUT2D eigenvalue weighted by Crippen LogP contribution is 2.37. The smallest absolute Gasteiger partial charge is 0.263 e. The number of anilines is 1. The monoisotopic (exact) mass is 341 g/mol. The molecule has 1 N–H and O–H groups in total. The Bertz CT molecular complexity index is 908. The number of methoxy groups -OCH3 is 2. The fourth-order valence-corrected chi connectivity index (χ4v) is 2.83. The van der Waals surface area contributed by atoms with Crippen LogP contribution in [0.15, 0.2) is 54.6 Å². The van der Waals surface area contributed by atoms with Crippen molar-refractivity contribution in [1.29, 1.82) is 0 Å². The average Bonchev–Trinajstić information content (AvgIpc) is 2.59. The van der Waals surface area contributed by atoms with Crippen molar-refractivity contribution >= 4 is 34.0 Å². The molecule has 0 unspecified atom stereocenters. The zero-order chi connectivity index (χ0) is 17.1. The molecule has 0 spiro atoms. The summed E-state index contributed by atoms with van der Waals surface area (Å²) in [5.74, 6) is 0.603. The Morgan fingerprint density at radius 2 is 1.79 bits per heavy atom. The van der Waals surface area contributed by atoms with Gasteiger partial charge in [0, 0.05) is 16.1 Å². The molecular weight excluding hydrogens is 326 g/mol. The van der Waals surface area contributed by atoms with Crippen molar-refractivity contribution < 1.29 is 14.3 Å². The number of rotatable bonds is 4. The number of hydrogen-bond acceptors (Lipinski definition) is 3. The van der Waals surface area contributed by atoms with Gasteiger partial charge in [-0.05, 0) is 29.7 Å². The van der Waals surface area contributed by atoms with Crippen LogP contribution in [0.25, 0.3) is 10.8 Å². The van der Waals surface area contributed by atoms with Gasteiger partial charge in [-0.15, -0.1) is 0 Å². The summed E-state index contributed by atoms with van der Waals surface area (Å²) >= 11 is 5.97. The van der Waals surface area contributed by atoms with E-state index in [2.05, 4.69) is 5.32 Å². The quantitative estimate of drug-likeness (QED) is 0.744. The van der Waals surface area contributed by atoms with E-state index in [4.69, 9.17) is 21.1 Å². The molecule has 0 aromatic heterocycles. The number of carbonyl (C=O) groups is 1. The summed E-state index contributed by atoms with van der Waals surface area (Å²) in [6, 6.07) is 16.5. The first-order chi connectivity index (χ1) is 11.6. The van der Waals surface area contributed by atoms with E-state index in [1.165, 1.54) is 14.2 Å². The lowest BCUT2D eigenvalue weighted by Gasteiger charge is -2.16. The fourth-order valence-electron chi connectivity index (χ4n) is 2.64. The number of carbonyl (C=O) groups excluding carboxylic acids is 1. The molecule has 0 fully saturated rings. The highest BCUT2D eigenvalue weighted by atomic mass is 35.5. The molecule has 0 atom stereocenters. The van der Waals surface area contributed by atoms with E-state index in [-0.39, 0.29) is 5.91 Å². The summed E-state index contributed by atoms with van der Waals surface area (Å²) in [5.41, 5.74) is 0.948. The van der Waals surface area contributed by atoms with E-state index < -0.39 is 0 Å². The molecule has 0 heterocycles. The number of nitrogens with one attached hydrogen (secondary N) is 1. The molecule has 0 saturated heterocycles. The number of amides is 1. The van der Waals surface area contributed by atoms with Crippen molar-refractivity contribution in [3.05, 3.63) is 65.2 Å². The predicted molar refractivity (Wildman–Crippen MR) is 96.5 cm³/mol. The first-order valence-corrected chi connectivity index (χ1v) is 7.72. The maximum absolute atomic E-state index is 12.8. The summed E-state index contributed by atoms with van der Waals surface area (Å²) in [4.78, 5) is 12.8. The molecule has 0 aliphatic carbocycles. The maximum atomic E-state index is 12.8. The van der Waals surface area contributed by atoms with Crippen molar-refractivity contribution in [3.63, 3.8) is 0 Å². The summed E-state index contributed by atoms with van der Waals surface area (Å²) in [6.07, 6.45) is 0. The summed E-state index contributed by atoms with van der Waals surface area (Å²) in [6.45, 7) is 0. The Morgan fingerprint density at radius 3 is 2.50 bits per heavy atom. The largest absolute Gasteiger partial charge is 0.496 e. The van der Waals surface area contributed by atoms with Crippen LogP contribution < -0.4 is 14.8 Å². The van der Waals surface area contributed by atoms with Gasteiger partial charge in [-0.25, -0.2) is 0 Å². The molecule has 3 aromatic rings. The van der Waals surface area contributed by atoms with Crippen LogP contribution in [0.1, 0.15) is 10.4 Å². The molecule has 0 bridgehead atoms. The van der Waals surface area contributed by atoms with Crippen molar-refractivity contribution in [2.75, 3.05) is 19.5 Å². The van der Waals surface area contributed by atoms with Crippen LogP contribution in [0, 0.1) is 0 Å². The summed E-state index contributed by atoms with van der Waals surface area (Å²) in [7, 11) is 3.07.